The van der Waals surface area contributed by atoms with Crippen molar-refractivity contribution < 1.29 is 24.5 Å². The Morgan fingerprint density at radius 1 is 0.443 bits per heavy atom. The minimum absolute atomic E-state index is 0.00301. The van der Waals surface area contributed by atoms with E-state index in [2.05, 4.69) is 31.3 Å². The highest BCUT2D eigenvalue weighted by molar-refractivity contribution is 5.76. The minimum Gasteiger partial charge on any atom is -0.466 e. The molecule has 360 valence electrons. The van der Waals surface area contributed by atoms with Crippen molar-refractivity contribution >= 4 is 11.9 Å². The zero-order valence-corrected chi connectivity index (χ0v) is 40.9. The molecule has 6 heteroatoms. The fourth-order valence-corrected chi connectivity index (χ4v) is 8.26. The van der Waals surface area contributed by atoms with Gasteiger partial charge >= 0.3 is 5.97 Å². The van der Waals surface area contributed by atoms with Gasteiger partial charge in [-0.1, -0.05) is 250 Å². The topological polar surface area (TPSA) is 95.9 Å². The van der Waals surface area contributed by atoms with Crippen LogP contribution in [0.1, 0.15) is 290 Å². The Balaban J connectivity index is 3.43. The number of nitrogens with one attached hydrogen (secondary N) is 1. The molecule has 0 aliphatic heterocycles. The molecule has 0 saturated heterocycles. The van der Waals surface area contributed by atoms with Crippen molar-refractivity contribution in [2.45, 2.75) is 302 Å². The van der Waals surface area contributed by atoms with Crippen LogP contribution >= 0.6 is 0 Å². The van der Waals surface area contributed by atoms with Crippen LogP contribution in [0.4, 0.5) is 0 Å². The first-order valence-electron chi connectivity index (χ1n) is 27.1. The van der Waals surface area contributed by atoms with Gasteiger partial charge in [0, 0.05) is 12.8 Å². The summed E-state index contributed by atoms with van der Waals surface area (Å²) in [5.41, 5.74) is 0. The van der Waals surface area contributed by atoms with Crippen molar-refractivity contribution in [3.63, 3.8) is 0 Å². The summed E-state index contributed by atoms with van der Waals surface area (Å²) < 4.78 is 5.45. The van der Waals surface area contributed by atoms with E-state index in [1.54, 1.807) is 6.08 Å². The standard InChI is InChI=1S/C55H105NO5/c1-3-5-7-9-11-13-15-16-24-28-31-35-39-43-47-53(58)52(51-57)56-54(59)48-44-40-36-32-29-25-22-20-18-17-19-21-23-26-30-34-38-42-46-50-61-55(60)49-45-41-37-33-27-14-12-10-8-6-4-2/h10,12,43,47,52-53,57-58H,3-9,11,13-42,44-46,48-51H2,1-2H3,(H,56,59)/b12-10-,47-43+. The van der Waals surface area contributed by atoms with Crippen molar-refractivity contribution in [2.24, 2.45) is 0 Å². The Morgan fingerprint density at radius 3 is 1.21 bits per heavy atom. The van der Waals surface area contributed by atoms with Gasteiger partial charge in [-0.25, -0.2) is 0 Å². The third kappa shape index (κ3) is 47.7. The van der Waals surface area contributed by atoms with Gasteiger partial charge in [0.2, 0.25) is 5.91 Å². The normalized spacial score (nSPS) is 12.8. The molecule has 2 unspecified atom stereocenters. The number of hydrogen-bond donors (Lipinski definition) is 3. The maximum absolute atomic E-state index is 12.4. The van der Waals surface area contributed by atoms with Gasteiger partial charge in [-0.05, 0) is 51.4 Å². The average molecular weight is 860 g/mol. The van der Waals surface area contributed by atoms with E-state index in [0.717, 1.165) is 44.9 Å². The average Bonchev–Trinajstić information content (AvgIpc) is 3.26. The number of carbonyl (C=O) groups excluding carboxylic acids is 2. The number of carbonyl (C=O) groups is 2. The first kappa shape index (κ1) is 59.3. The van der Waals surface area contributed by atoms with Gasteiger partial charge in [0.15, 0.2) is 0 Å². The number of aliphatic hydroxyl groups excluding tert-OH is 2. The number of amides is 1. The molecule has 0 aliphatic carbocycles. The van der Waals surface area contributed by atoms with Crippen LogP contribution in [-0.2, 0) is 14.3 Å². The van der Waals surface area contributed by atoms with Gasteiger partial charge < -0.3 is 20.3 Å². The molecule has 61 heavy (non-hydrogen) atoms. The number of aliphatic hydroxyl groups is 2. The van der Waals surface area contributed by atoms with Gasteiger partial charge in [0.05, 0.1) is 25.4 Å². The Morgan fingerprint density at radius 2 is 0.787 bits per heavy atom. The smallest absolute Gasteiger partial charge is 0.305 e. The molecule has 0 aromatic heterocycles. The summed E-state index contributed by atoms with van der Waals surface area (Å²) in [5, 5.41) is 23.1. The lowest BCUT2D eigenvalue weighted by atomic mass is 10.0. The van der Waals surface area contributed by atoms with E-state index in [4.69, 9.17) is 4.74 Å². The maximum atomic E-state index is 12.4. The Labute approximate surface area is 380 Å². The van der Waals surface area contributed by atoms with Crippen LogP contribution in [0.15, 0.2) is 24.3 Å². The van der Waals surface area contributed by atoms with Crippen LogP contribution in [0, 0.1) is 0 Å². The SMILES string of the molecule is CCCC/C=C\CCCCCCCC(=O)OCCCCCCCCCCCCCCCCCCCCCC(=O)NC(CO)C(O)/C=C/CCCCCCCCCCCCCC. The van der Waals surface area contributed by atoms with Gasteiger partial charge in [-0.15, -0.1) is 0 Å². The van der Waals surface area contributed by atoms with Crippen LogP contribution < -0.4 is 5.32 Å². The van der Waals surface area contributed by atoms with Crippen molar-refractivity contribution in [3.05, 3.63) is 24.3 Å². The molecule has 0 spiro atoms. The number of esters is 1. The molecule has 0 aromatic carbocycles. The predicted molar refractivity (Wildman–Crippen MR) is 264 cm³/mol. The summed E-state index contributed by atoms with van der Waals surface area (Å²) >= 11 is 0. The third-order valence-electron chi connectivity index (χ3n) is 12.5. The highest BCUT2D eigenvalue weighted by Gasteiger charge is 2.18. The van der Waals surface area contributed by atoms with E-state index in [1.165, 1.54) is 218 Å². The lowest BCUT2D eigenvalue weighted by molar-refractivity contribution is -0.143. The van der Waals surface area contributed by atoms with Crippen LogP contribution in [0.5, 0.6) is 0 Å². The van der Waals surface area contributed by atoms with Gasteiger partial charge in [0.25, 0.3) is 0 Å². The second-order valence-corrected chi connectivity index (χ2v) is 18.6. The predicted octanol–water partition coefficient (Wildman–Crippen LogP) is 16.3. The monoisotopic (exact) mass is 860 g/mol. The summed E-state index contributed by atoms with van der Waals surface area (Å²) in [6, 6.07) is -0.629. The van der Waals surface area contributed by atoms with Crippen molar-refractivity contribution in [1.82, 2.24) is 5.32 Å². The lowest BCUT2D eigenvalue weighted by Crippen LogP contribution is -2.45. The molecule has 0 bridgehead atoms. The molecule has 2 atom stereocenters. The van der Waals surface area contributed by atoms with Gasteiger partial charge in [0.1, 0.15) is 0 Å². The highest BCUT2D eigenvalue weighted by atomic mass is 16.5. The fraction of sp³-hybridized carbons (Fsp3) is 0.891. The van der Waals surface area contributed by atoms with Gasteiger partial charge in [-0.3, -0.25) is 9.59 Å². The van der Waals surface area contributed by atoms with E-state index in [1.807, 2.05) is 6.08 Å². The van der Waals surface area contributed by atoms with E-state index < -0.39 is 12.1 Å². The maximum Gasteiger partial charge on any atom is 0.305 e. The zero-order chi connectivity index (χ0) is 44.4. The third-order valence-corrected chi connectivity index (χ3v) is 12.5. The molecule has 0 aromatic rings. The zero-order valence-electron chi connectivity index (χ0n) is 40.9. The number of allylic oxidation sites excluding steroid dienone is 3. The first-order valence-corrected chi connectivity index (χ1v) is 27.1. The van der Waals surface area contributed by atoms with Crippen molar-refractivity contribution in [1.29, 1.82) is 0 Å². The second-order valence-electron chi connectivity index (χ2n) is 18.6. The molecule has 3 N–H and O–H groups in total. The number of rotatable bonds is 50. The Hall–Kier alpha value is -1.66. The summed E-state index contributed by atoms with van der Waals surface area (Å²) in [4.78, 5) is 24.4. The highest BCUT2D eigenvalue weighted by Crippen LogP contribution is 2.16. The number of hydrogen-bond acceptors (Lipinski definition) is 5. The molecule has 6 nitrogen and oxygen atoms in total. The Bertz CT molecular complexity index is 951. The Kier molecular flexibility index (Phi) is 49.6. The van der Waals surface area contributed by atoms with Crippen molar-refractivity contribution in [3.8, 4) is 0 Å². The molecule has 0 rings (SSSR count). The van der Waals surface area contributed by atoms with E-state index >= 15 is 0 Å². The van der Waals surface area contributed by atoms with E-state index in [9.17, 15) is 19.8 Å². The molecular weight excluding hydrogens is 755 g/mol. The van der Waals surface area contributed by atoms with Crippen LogP contribution in [0.2, 0.25) is 0 Å². The molecule has 0 fully saturated rings. The molecule has 0 radical (unpaired) electrons. The fourth-order valence-electron chi connectivity index (χ4n) is 8.26. The van der Waals surface area contributed by atoms with E-state index in [0.29, 0.717) is 19.4 Å². The van der Waals surface area contributed by atoms with E-state index in [-0.39, 0.29) is 18.5 Å². The second kappa shape index (κ2) is 51.0. The molecular formula is C55H105NO5. The summed E-state index contributed by atoms with van der Waals surface area (Å²) in [5.74, 6) is -0.0736. The van der Waals surface area contributed by atoms with Gasteiger partial charge in [-0.2, -0.15) is 0 Å². The van der Waals surface area contributed by atoms with Crippen LogP contribution in [0.3, 0.4) is 0 Å². The quantitative estimate of drug-likeness (QED) is 0.0322. The summed E-state index contributed by atoms with van der Waals surface area (Å²) in [6.45, 7) is 4.86. The minimum atomic E-state index is -0.845. The lowest BCUT2D eigenvalue weighted by Gasteiger charge is -2.20. The first-order chi connectivity index (χ1) is 30.0. The molecule has 0 aliphatic rings. The van der Waals surface area contributed by atoms with Crippen LogP contribution in [0.25, 0.3) is 0 Å². The molecule has 0 heterocycles. The largest absolute Gasteiger partial charge is 0.466 e. The number of unbranched alkanes of at least 4 members (excludes halogenated alkanes) is 37. The molecule has 0 saturated carbocycles. The van der Waals surface area contributed by atoms with Crippen LogP contribution in [-0.4, -0.2) is 47.4 Å². The summed E-state index contributed by atoms with van der Waals surface area (Å²) in [6.07, 6.45) is 60.4. The van der Waals surface area contributed by atoms with Crippen molar-refractivity contribution in [2.75, 3.05) is 13.2 Å². The molecule has 1 amide bonds. The number of ether oxygens (including phenoxy) is 1. The summed E-state index contributed by atoms with van der Waals surface area (Å²) in [7, 11) is 0.